The van der Waals surface area contributed by atoms with Crippen molar-refractivity contribution in [3.05, 3.63) is 0 Å². The van der Waals surface area contributed by atoms with Crippen molar-refractivity contribution in [3.8, 4) is 0 Å². The normalized spacial score (nSPS) is 23.8. The SMILES string of the molecule is CCN1CCN(CCC(=O)N2CCN(C)CC2)CC1. The predicted molar refractivity (Wildman–Crippen MR) is 77.2 cm³/mol. The van der Waals surface area contributed by atoms with E-state index in [0.717, 1.165) is 65.4 Å². The van der Waals surface area contributed by atoms with Crippen LogP contribution in [0, 0.1) is 0 Å². The van der Waals surface area contributed by atoms with E-state index in [2.05, 4.69) is 28.7 Å². The number of nitrogens with zero attached hydrogens (tertiary/aromatic N) is 4. The van der Waals surface area contributed by atoms with Gasteiger partial charge in [0.25, 0.3) is 0 Å². The summed E-state index contributed by atoms with van der Waals surface area (Å²) in [5, 5.41) is 0. The zero-order valence-electron chi connectivity index (χ0n) is 12.5. The molecular formula is C14H28N4O. The van der Waals surface area contributed by atoms with Gasteiger partial charge >= 0.3 is 0 Å². The van der Waals surface area contributed by atoms with Crippen molar-refractivity contribution >= 4 is 5.91 Å². The van der Waals surface area contributed by atoms with Crippen LogP contribution in [-0.4, -0.2) is 98.0 Å². The molecule has 2 saturated heterocycles. The molecular weight excluding hydrogens is 240 g/mol. The molecule has 19 heavy (non-hydrogen) atoms. The maximum atomic E-state index is 12.1. The van der Waals surface area contributed by atoms with Gasteiger partial charge in [-0.1, -0.05) is 6.92 Å². The molecule has 2 aliphatic rings. The molecule has 0 aromatic rings. The average Bonchev–Trinajstić information content (AvgIpc) is 2.46. The Morgan fingerprint density at radius 2 is 1.47 bits per heavy atom. The quantitative estimate of drug-likeness (QED) is 0.706. The van der Waals surface area contributed by atoms with Gasteiger partial charge in [0.2, 0.25) is 5.91 Å². The van der Waals surface area contributed by atoms with E-state index in [4.69, 9.17) is 0 Å². The smallest absolute Gasteiger partial charge is 0.223 e. The molecule has 1 amide bonds. The van der Waals surface area contributed by atoms with Crippen LogP contribution in [0.2, 0.25) is 0 Å². The van der Waals surface area contributed by atoms with E-state index in [0.29, 0.717) is 12.3 Å². The maximum absolute atomic E-state index is 12.1. The second-order valence-electron chi connectivity index (χ2n) is 5.71. The lowest BCUT2D eigenvalue weighted by molar-refractivity contribution is -0.133. The Kier molecular flexibility index (Phi) is 5.60. The van der Waals surface area contributed by atoms with E-state index < -0.39 is 0 Å². The Balaban J connectivity index is 1.64. The van der Waals surface area contributed by atoms with E-state index in [1.165, 1.54) is 0 Å². The van der Waals surface area contributed by atoms with Gasteiger partial charge in [-0.15, -0.1) is 0 Å². The van der Waals surface area contributed by atoms with Gasteiger partial charge in [-0.25, -0.2) is 0 Å². The summed E-state index contributed by atoms with van der Waals surface area (Å²) in [4.78, 5) is 21.4. The third kappa shape index (κ3) is 4.44. The molecule has 0 radical (unpaired) electrons. The molecule has 0 bridgehead atoms. The van der Waals surface area contributed by atoms with Crippen LogP contribution in [0.1, 0.15) is 13.3 Å². The van der Waals surface area contributed by atoms with Crippen molar-refractivity contribution in [2.75, 3.05) is 72.5 Å². The summed E-state index contributed by atoms with van der Waals surface area (Å²) in [6.07, 6.45) is 0.690. The molecule has 2 rings (SSSR count). The zero-order valence-corrected chi connectivity index (χ0v) is 12.5. The lowest BCUT2D eigenvalue weighted by Gasteiger charge is -2.35. The van der Waals surface area contributed by atoms with Gasteiger partial charge in [0.05, 0.1) is 0 Å². The van der Waals surface area contributed by atoms with Gasteiger partial charge in [0.15, 0.2) is 0 Å². The van der Waals surface area contributed by atoms with E-state index >= 15 is 0 Å². The molecule has 0 saturated carbocycles. The Hall–Kier alpha value is -0.650. The Morgan fingerprint density at radius 1 is 0.895 bits per heavy atom. The first kappa shape index (κ1) is 14.8. The monoisotopic (exact) mass is 268 g/mol. The summed E-state index contributed by atoms with van der Waals surface area (Å²) in [5.74, 6) is 0.339. The molecule has 2 fully saturated rings. The largest absolute Gasteiger partial charge is 0.340 e. The first-order chi connectivity index (χ1) is 9.19. The fourth-order valence-electron chi connectivity index (χ4n) is 2.80. The standard InChI is InChI=1S/C14H28N4O/c1-3-16-8-10-17(11-9-16)5-4-14(19)18-12-6-15(2)7-13-18/h3-13H2,1-2H3. The minimum Gasteiger partial charge on any atom is -0.340 e. The van der Waals surface area contributed by atoms with Gasteiger partial charge in [0.1, 0.15) is 0 Å². The number of carbonyl (C=O) groups excluding carboxylic acids is 1. The number of hydrogen-bond acceptors (Lipinski definition) is 4. The number of rotatable bonds is 4. The summed E-state index contributed by atoms with van der Waals surface area (Å²) in [6.45, 7) is 12.7. The van der Waals surface area contributed by atoms with Crippen molar-refractivity contribution in [1.82, 2.24) is 19.6 Å². The Bertz CT molecular complexity index is 281. The fourth-order valence-corrected chi connectivity index (χ4v) is 2.80. The van der Waals surface area contributed by atoms with Crippen LogP contribution in [0.15, 0.2) is 0 Å². The lowest BCUT2D eigenvalue weighted by atomic mass is 10.2. The van der Waals surface area contributed by atoms with Crippen molar-refractivity contribution in [3.63, 3.8) is 0 Å². The summed E-state index contributed by atoms with van der Waals surface area (Å²) in [5.41, 5.74) is 0. The van der Waals surface area contributed by atoms with Crippen molar-refractivity contribution in [2.45, 2.75) is 13.3 Å². The zero-order chi connectivity index (χ0) is 13.7. The van der Waals surface area contributed by atoms with Gasteiger partial charge in [-0.05, 0) is 13.6 Å². The van der Waals surface area contributed by atoms with Crippen LogP contribution in [0.4, 0.5) is 0 Å². The molecule has 0 spiro atoms. The Labute approximate surface area is 117 Å². The number of carbonyl (C=O) groups is 1. The second kappa shape index (κ2) is 7.22. The van der Waals surface area contributed by atoms with Crippen molar-refractivity contribution in [1.29, 1.82) is 0 Å². The Morgan fingerprint density at radius 3 is 2.05 bits per heavy atom. The topological polar surface area (TPSA) is 30.0 Å². The molecule has 5 heteroatoms. The van der Waals surface area contributed by atoms with E-state index in [-0.39, 0.29) is 0 Å². The lowest BCUT2D eigenvalue weighted by Crippen LogP contribution is -2.49. The summed E-state index contributed by atoms with van der Waals surface area (Å²) in [7, 11) is 2.12. The highest BCUT2D eigenvalue weighted by Crippen LogP contribution is 2.05. The summed E-state index contributed by atoms with van der Waals surface area (Å²) in [6, 6.07) is 0. The molecule has 0 aromatic heterocycles. The molecule has 2 aliphatic heterocycles. The number of piperazine rings is 2. The minimum atomic E-state index is 0.339. The fraction of sp³-hybridized carbons (Fsp3) is 0.929. The first-order valence-electron chi connectivity index (χ1n) is 7.60. The number of likely N-dealkylation sites (N-methyl/N-ethyl adjacent to an activating group) is 2. The summed E-state index contributed by atoms with van der Waals surface area (Å²) < 4.78 is 0. The van der Waals surface area contributed by atoms with E-state index in [9.17, 15) is 4.79 Å². The minimum absolute atomic E-state index is 0.339. The molecule has 0 unspecified atom stereocenters. The van der Waals surface area contributed by atoms with E-state index in [1.807, 2.05) is 4.90 Å². The van der Waals surface area contributed by atoms with Gasteiger partial charge in [-0.3, -0.25) is 4.79 Å². The highest BCUT2D eigenvalue weighted by Gasteiger charge is 2.20. The van der Waals surface area contributed by atoms with Crippen molar-refractivity contribution in [2.24, 2.45) is 0 Å². The van der Waals surface area contributed by atoms with E-state index in [1.54, 1.807) is 0 Å². The molecule has 0 atom stereocenters. The molecule has 2 heterocycles. The maximum Gasteiger partial charge on any atom is 0.223 e. The van der Waals surface area contributed by atoms with Crippen LogP contribution in [-0.2, 0) is 4.79 Å². The molecule has 0 aliphatic carbocycles. The van der Waals surface area contributed by atoms with Gasteiger partial charge in [-0.2, -0.15) is 0 Å². The first-order valence-corrected chi connectivity index (χ1v) is 7.60. The van der Waals surface area contributed by atoms with Crippen LogP contribution in [0.5, 0.6) is 0 Å². The number of amides is 1. The average molecular weight is 268 g/mol. The summed E-state index contributed by atoms with van der Waals surface area (Å²) >= 11 is 0. The molecule has 0 N–H and O–H groups in total. The highest BCUT2D eigenvalue weighted by molar-refractivity contribution is 5.76. The third-order valence-electron chi connectivity index (χ3n) is 4.41. The predicted octanol–water partition coefficient (Wildman–Crippen LogP) is -0.212. The van der Waals surface area contributed by atoms with Crippen molar-refractivity contribution < 1.29 is 4.79 Å². The van der Waals surface area contributed by atoms with Crippen LogP contribution >= 0.6 is 0 Å². The third-order valence-corrected chi connectivity index (χ3v) is 4.41. The molecule has 5 nitrogen and oxygen atoms in total. The second-order valence-corrected chi connectivity index (χ2v) is 5.71. The van der Waals surface area contributed by atoms with Crippen LogP contribution in [0.3, 0.4) is 0 Å². The highest BCUT2D eigenvalue weighted by atomic mass is 16.2. The van der Waals surface area contributed by atoms with Crippen LogP contribution < -0.4 is 0 Å². The number of hydrogen-bond donors (Lipinski definition) is 0. The molecule has 0 aromatic carbocycles. The van der Waals surface area contributed by atoms with Gasteiger partial charge < -0.3 is 19.6 Å². The molecule has 110 valence electrons. The van der Waals surface area contributed by atoms with Gasteiger partial charge in [0, 0.05) is 65.3 Å². The van der Waals surface area contributed by atoms with Crippen LogP contribution in [0.25, 0.3) is 0 Å².